The summed E-state index contributed by atoms with van der Waals surface area (Å²) in [6.07, 6.45) is 2.60. The Morgan fingerprint density at radius 2 is 2.23 bits per heavy atom. The molecule has 1 amide bonds. The number of benzene rings is 1. The molecule has 0 spiro atoms. The van der Waals surface area contributed by atoms with Gasteiger partial charge in [-0.3, -0.25) is 4.79 Å². The van der Waals surface area contributed by atoms with Crippen LogP contribution in [0.5, 0.6) is 0 Å². The van der Waals surface area contributed by atoms with Crippen molar-refractivity contribution in [2.75, 3.05) is 18.2 Å². The summed E-state index contributed by atoms with van der Waals surface area (Å²) in [5, 5.41) is 0. The molecule has 2 rings (SSSR count). The standard InChI is InChI=1S/C10H11NOS/c1-11-9-4-3-8(13-2)5-7(9)6-10(11)12/h3-5H,6H2,1-2H3. The lowest BCUT2D eigenvalue weighted by atomic mass is 10.2. The summed E-state index contributed by atoms with van der Waals surface area (Å²) in [5.41, 5.74) is 2.21. The number of carbonyl (C=O) groups excluding carboxylic acids is 1. The number of likely N-dealkylation sites (N-methyl/N-ethyl adjacent to an activating group) is 1. The van der Waals surface area contributed by atoms with Gasteiger partial charge in [0.05, 0.1) is 6.42 Å². The maximum Gasteiger partial charge on any atom is 0.231 e. The lowest BCUT2D eigenvalue weighted by Gasteiger charge is -2.09. The molecule has 0 saturated heterocycles. The van der Waals surface area contributed by atoms with Gasteiger partial charge in [0.1, 0.15) is 0 Å². The number of hydrogen-bond acceptors (Lipinski definition) is 2. The normalized spacial score (nSPS) is 14.9. The number of nitrogens with zero attached hydrogens (tertiary/aromatic N) is 1. The monoisotopic (exact) mass is 193 g/mol. The molecule has 0 N–H and O–H groups in total. The fourth-order valence-electron chi connectivity index (χ4n) is 1.57. The van der Waals surface area contributed by atoms with Crippen LogP contribution in [0.4, 0.5) is 5.69 Å². The molecule has 1 aliphatic rings. The maximum absolute atomic E-state index is 11.3. The average molecular weight is 193 g/mol. The van der Waals surface area contributed by atoms with Crippen molar-refractivity contribution in [3.63, 3.8) is 0 Å². The highest BCUT2D eigenvalue weighted by Crippen LogP contribution is 2.30. The van der Waals surface area contributed by atoms with E-state index in [2.05, 4.69) is 12.1 Å². The molecule has 0 unspecified atom stereocenters. The van der Waals surface area contributed by atoms with Gasteiger partial charge in [-0.1, -0.05) is 0 Å². The summed E-state index contributed by atoms with van der Waals surface area (Å²) in [5.74, 6) is 0.188. The Hall–Kier alpha value is -0.960. The van der Waals surface area contributed by atoms with E-state index < -0.39 is 0 Å². The van der Waals surface area contributed by atoms with E-state index in [-0.39, 0.29) is 5.91 Å². The minimum atomic E-state index is 0.188. The third-order valence-electron chi connectivity index (χ3n) is 2.36. The van der Waals surface area contributed by atoms with Crippen LogP contribution < -0.4 is 4.90 Å². The van der Waals surface area contributed by atoms with Crippen molar-refractivity contribution in [2.45, 2.75) is 11.3 Å². The number of amides is 1. The van der Waals surface area contributed by atoms with Crippen LogP contribution in [-0.4, -0.2) is 19.2 Å². The fraction of sp³-hybridized carbons (Fsp3) is 0.300. The van der Waals surface area contributed by atoms with Gasteiger partial charge in [0, 0.05) is 17.6 Å². The van der Waals surface area contributed by atoms with E-state index >= 15 is 0 Å². The van der Waals surface area contributed by atoms with Crippen LogP contribution in [-0.2, 0) is 11.2 Å². The largest absolute Gasteiger partial charge is 0.315 e. The summed E-state index contributed by atoms with van der Waals surface area (Å²) in [6, 6.07) is 6.17. The molecule has 1 heterocycles. The number of anilines is 1. The van der Waals surface area contributed by atoms with Gasteiger partial charge in [-0.2, -0.15) is 0 Å². The predicted octanol–water partition coefficient (Wildman–Crippen LogP) is 1.93. The van der Waals surface area contributed by atoms with Crippen molar-refractivity contribution in [3.8, 4) is 0 Å². The Kier molecular flexibility index (Phi) is 2.04. The highest BCUT2D eigenvalue weighted by Gasteiger charge is 2.23. The molecule has 0 aromatic heterocycles. The molecule has 68 valence electrons. The highest BCUT2D eigenvalue weighted by atomic mass is 32.2. The Balaban J connectivity index is 2.46. The van der Waals surface area contributed by atoms with Crippen molar-refractivity contribution in [3.05, 3.63) is 23.8 Å². The minimum Gasteiger partial charge on any atom is -0.315 e. The highest BCUT2D eigenvalue weighted by molar-refractivity contribution is 7.98. The Morgan fingerprint density at radius 1 is 1.46 bits per heavy atom. The molecule has 0 aliphatic carbocycles. The van der Waals surface area contributed by atoms with E-state index in [0.29, 0.717) is 6.42 Å². The van der Waals surface area contributed by atoms with Gasteiger partial charge < -0.3 is 4.90 Å². The molecule has 1 aliphatic heterocycles. The fourth-order valence-corrected chi connectivity index (χ4v) is 2.04. The van der Waals surface area contributed by atoms with E-state index in [1.165, 1.54) is 4.90 Å². The average Bonchev–Trinajstić information content (AvgIpc) is 2.42. The van der Waals surface area contributed by atoms with Crippen molar-refractivity contribution in [2.24, 2.45) is 0 Å². The number of carbonyl (C=O) groups is 1. The van der Waals surface area contributed by atoms with Gasteiger partial charge in [0.15, 0.2) is 0 Å². The lowest BCUT2D eigenvalue weighted by molar-refractivity contribution is -0.117. The smallest absolute Gasteiger partial charge is 0.231 e. The SMILES string of the molecule is CSc1ccc2c(c1)CC(=O)N2C. The van der Waals surface area contributed by atoms with Gasteiger partial charge in [-0.05, 0) is 30.0 Å². The summed E-state index contributed by atoms with van der Waals surface area (Å²) in [4.78, 5) is 14.3. The van der Waals surface area contributed by atoms with Crippen LogP contribution in [0, 0.1) is 0 Å². The zero-order valence-electron chi connectivity index (χ0n) is 7.70. The second-order valence-corrected chi connectivity index (χ2v) is 4.00. The number of thioether (sulfide) groups is 1. The topological polar surface area (TPSA) is 20.3 Å². The zero-order valence-corrected chi connectivity index (χ0v) is 8.52. The van der Waals surface area contributed by atoms with E-state index in [1.807, 2.05) is 19.4 Å². The van der Waals surface area contributed by atoms with Gasteiger partial charge >= 0.3 is 0 Å². The predicted molar refractivity (Wildman–Crippen MR) is 55.3 cm³/mol. The second-order valence-electron chi connectivity index (χ2n) is 3.12. The van der Waals surface area contributed by atoms with E-state index in [0.717, 1.165) is 11.3 Å². The molecule has 0 radical (unpaired) electrons. The van der Waals surface area contributed by atoms with Crippen molar-refractivity contribution >= 4 is 23.4 Å². The zero-order chi connectivity index (χ0) is 9.42. The summed E-state index contributed by atoms with van der Waals surface area (Å²) in [7, 11) is 1.83. The van der Waals surface area contributed by atoms with Gasteiger partial charge in [-0.25, -0.2) is 0 Å². The molecule has 0 saturated carbocycles. The lowest BCUT2D eigenvalue weighted by Crippen LogP contribution is -2.20. The maximum atomic E-state index is 11.3. The molecular weight excluding hydrogens is 182 g/mol. The van der Waals surface area contributed by atoms with Crippen LogP contribution in [0.25, 0.3) is 0 Å². The second kappa shape index (κ2) is 3.07. The van der Waals surface area contributed by atoms with Crippen LogP contribution in [0.3, 0.4) is 0 Å². The summed E-state index contributed by atoms with van der Waals surface area (Å²) < 4.78 is 0. The number of rotatable bonds is 1. The summed E-state index contributed by atoms with van der Waals surface area (Å²) >= 11 is 1.71. The van der Waals surface area contributed by atoms with Crippen molar-refractivity contribution in [1.29, 1.82) is 0 Å². The molecule has 0 fully saturated rings. The van der Waals surface area contributed by atoms with E-state index in [4.69, 9.17) is 0 Å². The van der Waals surface area contributed by atoms with Gasteiger partial charge in [-0.15, -0.1) is 11.8 Å². The van der Waals surface area contributed by atoms with Crippen molar-refractivity contribution < 1.29 is 4.79 Å². The van der Waals surface area contributed by atoms with Crippen LogP contribution in [0.1, 0.15) is 5.56 Å². The first-order valence-corrected chi connectivity index (χ1v) is 5.38. The number of hydrogen-bond donors (Lipinski definition) is 0. The first-order valence-electron chi connectivity index (χ1n) is 4.16. The van der Waals surface area contributed by atoms with E-state index in [1.54, 1.807) is 16.7 Å². The molecule has 0 atom stereocenters. The molecule has 3 heteroatoms. The molecular formula is C10H11NOS. The molecule has 1 aromatic carbocycles. The Bertz CT molecular complexity index is 362. The quantitative estimate of drug-likeness (QED) is 0.635. The number of fused-ring (bicyclic) bond motifs is 1. The Morgan fingerprint density at radius 3 is 2.92 bits per heavy atom. The third-order valence-corrected chi connectivity index (χ3v) is 3.09. The molecule has 0 bridgehead atoms. The minimum absolute atomic E-state index is 0.188. The van der Waals surface area contributed by atoms with Crippen LogP contribution in [0.15, 0.2) is 23.1 Å². The molecule has 1 aromatic rings. The van der Waals surface area contributed by atoms with Crippen molar-refractivity contribution in [1.82, 2.24) is 0 Å². The molecule has 2 nitrogen and oxygen atoms in total. The Labute approximate surface area is 81.9 Å². The van der Waals surface area contributed by atoms with Crippen LogP contribution in [0.2, 0.25) is 0 Å². The first-order chi connectivity index (χ1) is 6.22. The first kappa shape index (κ1) is 8.63. The van der Waals surface area contributed by atoms with Gasteiger partial charge in [0.25, 0.3) is 0 Å². The summed E-state index contributed by atoms with van der Waals surface area (Å²) in [6.45, 7) is 0. The van der Waals surface area contributed by atoms with Gasteiger partial charge in [0.2, 0.25) is 5.91 Å². The van der Waals surface area contributed by atoms with E-state index in [9.17, 15) is 4.79 Å². The molecule has 13 heavy (non-hydrogen) atoms. The van der Waals surface area contributed by atoms with Crippen LogP contribution >= 0.6 is 11.8 Å². The third kappa shape index (κ3) is 1.33.